The molecule has 0 amide bonds. The van der Waals surface area contributed by atoms with Gasteiger partial charge in [0.2, 0.25) is 0 Å². The Bertz CT molecular complexity index is 176. The molecule has 0 aliphatic carbocycles. The first-order valence-electron chi connectivity index (χ1n) is 5.69. The van der Waals surface area contributed by atoms with E-state index >= 15 is 0 Å². The first-order chi connectivity index (χ1) is 6.91. The predicted octanol–water partition coefficient (Wildman–Crippen LogP) is 2.64. The summed E-state index contributed by atoms with van der Waals surface area (Å²) in [5.41, 5.74) is 0. The molecular formula is C12H24O3. The zero-order chi connectivity index (χ0) is 11.8. The van der Waals surface area contributed by atoms with Crippen LogP contribution in [0.2, 0.25) is 0 Å². The number of ether oxygens (including phenoxy) is 2. The summed E-state index contributed by atoms with van der Waals surface area (Å²) < 4.78 is 10.6. The zero-order valence-electron chi connectivity index (χ0n) is 10.6. The molecule has 0 fully saturated rings. The fourth-order valence-corrected chi connectivity index (χ4v) is 1.11. The van der Waals surface area contributed by atoms with E-state index in [9.17, 15) is 4.79 Å². The van der Waals surface area contributed by atoms with Gasteiger partial charge in [-0.2, -0.15) is 0 Å². The SMILES string of the molecule is CC(C)COCC(C)OC(=O)CC(C)C. The van der Waals surface area contributed by atoms with Gasteiger partial charge in [-0.15, -0.1) is 0 Å². The third-order valence-electron chi connectivity index (χ3n) is 1.71. The van der Waals surface area contributed by atoms with E-state index in [2.05, 4.69) is 13.8 Å². The van der Waals surface area contributed by atoms with Crippen molar-refractivity contribution in [1.82, 2.24) is 0 Å². The first-order valence-corrected chi connectivity index (χ1v) is 5.69. The summed E-state index contributed by atoms with van der Waals surface area (Å²) in [5.74, 6) is 0.732. The molecule has 3 nitrogen and oxygen atoms in total. The Labute approximate surface area is 93.1 Å². The lowest BCUT2D eigenvalue weighted by molar-refractivity contribution is -0.152. The van der Waals surface area contributed by atoms with Gasteiger partial charge < -0.3 is 9.47 Å². The molecule has 0 aromatic carbocycles. The zero-order valence-corrected chi connectivity index (χ0v) is 10.6. The van der Waals surface area contributed by atoms with E-state index in [0.29, 0.717) is 31.5 Å². The molecule has 0 saturated carbocycles. The van der Waals surface area contributed by atoms with E-state index in [0.717, 1.165) is 0 Å². The molecule has 0 bridgehead atoms. The maximum atomic E-state index is 11.3. The van der Waals surface area contributed by atoms with Crippen molar-refractivity contribution < 1.29 is 14.3 Å². The van der Waals surface area contributed by atoms with Crippen LogP contribution in [0, 0.1) is 11.8 Å². The monoisotopic (exact) mass is 216 g/mol. The van der Waals surface area contributed by atoms with Gasteiger partial charge >= 0.3 is 5.97 Å². The third-order valence-corrected chi connectivity index (χ3v) is 1.71. The maximum Gasteiger partial charge on any atom is 0.306 e. The molecule has 0 heterocycles. The van der Waals surface area contributed by atoms with Crippen molar-refractivity contribution in [2.45, 2.75) is 47.1 Å². The average Bonchev–Trinajstić information content (AvgIpc) is 2.00. The Morgan fingerprint density at radius 1 is 1.00 bits per heavy atom. The third kappa shape index (κ3) is 9.73. The van der Waals surface area contributed by atoms with E-state index < -0.39 is 0 Å². The second kappa shape index (κ2) is 7.69. The first kappa shape index (κ1) is 14.4. The molecule has 0 aliphatic rings. The fourth-order valence-electron chi connectivity index (χ4n) is 1.11. The van der Waals surface area contributed by atoms with Gasteiger partial charge in [-0.25, -0.2) is 0 Å². The number of carbonyl (C=O) groups is 1. The summed E-state index contributed by atoms with van der Waals surface area (Å²) >= 11 is 0. The Balaban J connectivity index is 3.55. The van der Waals surface area contributed by atoms with E-state index in [4.69, 9.17) is 9.47 Å². The minimum absolute atomic E-state index is 0.134. The number of esters is 1. The predicted molar refractivity (Wildman–Crippen MR) is 60.7 cm³/mol. The molecule has 0 aliphatic heterocycles. The van der Waals surface area contributed by atoms with Gasteiger partial charge in [-0.1, -0.05) is 27.7 Å². The van der Waals surface area contributed by atoms with Gasteiger partial charge in [0.05, 0.1) is 6.61 Å². The molecule has 0 saturated heterocycles. The normalized spacial score (nSPS) is 13.3. The van der Waals surface area contributed by atoms with Crippen molar-refractivity contribution in [2.75, 3.05) is 13.2 Å². The fraction of sp³-hybridized carbons (Fsp3) is 0.917. The molecule has 3 heteroatoms. The lowest BCUT2D eigenvalue weighted by Gasteiger charge is -2.15. The van der Waals surface area contributed by atoms with Crippen LogP contribution in [0.25, 0.3) is 0 Å². The van der Waals surface area contributed by atoms with Crippen LogP contribution in [0.3, 0.4) is 0 Å². The summed E-state index contributed by atoms with van der Waals surface area (Å²) in [7, 11) is 0. The summed E-state index contributed by atoms with van der Waals surface area (Å²) in [4.78, 5) is 11.3. The molecule has 0 N–H and O–H groups in total. The lowest BCUT2D eigenvalue weighted by atomic mass is 10.1. The molecule has 0 aromatic heterocycles. The van der Waals surface area contributed by atoms with E-state index in [-0.39, 0.29) is 12.1 Å². The quantitative estimate of drug-likeness (QED) is 0.614. The highest BCUT2D eigenvalue weighted by Gasteiger charge is 2.11. The topological polar surface area (TPSA) is 35.5 Å². The molecule has 0 radical (unpaired) electrons. The van der Waals surface area contributed by atoms with Crippen LogP contribution < -0.4 is 0 Å². The van der Waals surface area contributed by atoms with Crippen LogP contribution >= 0.6 is 0 Å². The lowest BCUT2D eigenvalue weighted by Crippen LogP contribution is -2.22. The molecular weight excluding hydrogens is 192 g/mol. The standard InChI is InChI=1S/C12H24O3/c1-9(2)6-12(13)15-11(5)8-14-7-10(3)4/h9-11H,6-8H2,1-5H3. The van der Waals surface area contributed by atoms with Crippen molar-refractivity contribution in [1.29, 1.82) is 0 Å². The van der Waals surface area contributed by atoms with Crippen molar-refractivity contribution in [3.05, 3.63) is 0 Å². The highest BCUT2D eigenvalue weighted by molar-refractivity contribution is 5.69. The molecule has 0 aromatic rings. The maximum absolute atomic E-state index is 11.3. The second-order valence-corrected chi connectivity index (χ2v) is 4.83. The van der Waals surface area contributed by atoms with E-state index in [1.165, 1.54) is 0 Å². The molecule has 90 valence electrons. The Kier molecular flexibility index (Phi) is 7.39. The van der Waals surface area contributed by atoms with Crippen LogP contribution in [0.15, 0.2) is 0 Å². The summed E-state index contributed by atoms with van der Waals surface area (Å²) in [6.07, 6.45) is 0.337. The van der Waals surface area contributed by atoms with Crippen molar-refractivity contribution in [2.24, 2.45) is 11.8 Å². The van der Waals surface area contributed by atoms with E-state index in [1.54, 1.807) is 0 Å². The highest BCUT2D eigenvalue weighted by Crippen LogP contribution is 2.04. The largest absolute Gasteiger partial charge is 0.460 e. The van der Waals surface area contributed by atoms with Crippen LogP contribution in [0.5, 0.6) is 0 Å². The van der Waals surface area contributed by atoms with Gasteiger partial charge in [0.15, 0.2) is 0 Å². The summed E-state index contributed by atoms with van der Waals surface area (Å²) in [5, 5.41) is 0. The van der Waals surface area contributed by atoms with Gasteiger partial charge in [0, 0.05) is 13.0 Å². The molecule has 0 spiro atoms. The molecule has 0 rings (SSSR count). The molecule has 1 unspecified atom stereocenters. The van der Waals surface area contributed by atoms with Gasteiger partial charge in [0.25, 0.3) is 0 Å². The Morgan fingerprint density at radius 2 is 1.60 bits per heavy atom. The van der Waals surface area contributed by atoms with Crippen LogP contribution in [0.4, 0.5) is 0 Å². The van der Waals surface area contributed by atoms with Crippen molar-refractivity contribution >= 4 is 5.97 Å². The number of carbonyl (C=O) groups excluding carboxylic acids is 1. The van der Waals surface area contributed by atoms with E-state index in [1.807, 2.05) is 20.8 Å². The number of hydrogen-bond acceptors (Lipinski definition) is 3. The van der Waals surface area contributed by atoms with Crippen molar-refractivity contribution in [3.8, 4) is 0 Å². The number of rotatable bonds is 7. The summed E-state index contributed by atoms with van der Waals surface area (Å²) in [6.45, 7) is 11.2. The van der Waals surface area contributed by atoms with Gasteiger partial charge in [-0.05, 0) is 18.8 Å². The second-order valence-electron chi connectivity index (χ2n) is 4.83. The summed E-state index contributed by atoms with van der Waals surface area (Å²) in [6, 6.07) is 0. The van der Waals surface area contributed by atoms with Crippen molar-refractivity contribution in [3.63, 3.8) is 0 Å². The number of hydrogen-bond donors (Lipinski definition) is 0. The minimum atomic E-state index is -0.144. The van der Waals surface area contributed by atoms with Crippen LogP contribution in [0.1, 0.15) is 41.0 Å². The highest BCUT2D eigenvalue weighted by atomic mass is 16.6. The minimum Gasteiger partial charge on any atom is -0.460 e. The Hall–Kier alpha value is -0.570. The van der Waals surface area contributed by atoms with Gasteiger partial charge in [-0.3, -0.25) is 4.79 Å². The molecule has 15 heavy (non-hydrogen) atoms. The van der Waals surface area contributed by atoms with Crippen LogP contribution in [-0.4, -0.2) is 25.3 Å². The molecule has 1 atom stereocenters. The van der Waals surface area contributed by atoms with Crippen LogP contribution in [-0.2, 0) is 14.3 Å². The Morgan fingerprint density at radius 3 is 2.07 bits per heavy atom. The average molecular weight is 216 g/mol. The smallest absolute Gasteiger partial charge is 0.306 e. The van der Waals surface area contributed by atoms with Gasteiger partial charge in [0.1, 0.15) is 6.10 Å².